The van der Waals surface area contributed by atoms with Gasteiger partial charge in [-0.3, -0.25) is 9.59 Å². The third-order valence-electron chi connectivity index (χ3n) is 5.33. The highest BCUT2D eigenvalue weighted by molar-refractivity contribution is 6.46. The summed E-state index contributed by atoms with van der Waals surface area (Å²) in [7, 11) is 0. The zero-order valence-corrected chi connectivity index (χ0v) is 18.4. The standard InChI is InChI=1S/C26H22F2N2O3/c1-4-33-19-9-6-17(7-10-19)23-24(29-21-12-5-15(2)13-16(21)3)26(32)30(25(23)31)22-14-18(27)8-11-20(22)28/h5-14,29H,4H2,1-3H3. The van der Waals surface area contributed by atoms with Gasteiger partial charge in [-0.2, -0.15) is 0 Å². The second-order valence-corrected chi connectivity index (χ2v) is 7.69. The summed E-state index contributed by atoms with van der Waals surface area (Å²) in [5, 5.41) is 3.06. The number of hydrogen-bond donors (Lipinski definition) is 1. The van der Waals surface area contributed by atoms with Crippen molar-refractivity contribution >= 4 is 28.8 Å². The molecule has 1 aliphatic rings. The molecule has 1 N–H and O–H groups in total. The maximum Gasteiger partial charge on any atom is 0.282 e. The molecule has 0 saturated heterocycles. The fourth-order valence-electron chi connectivity index (χ4n) is 3.76. The first kappa shape index (κ1) is 22.2. The molecule has 0 fully saturated rings. The zero-order chi connectivity index (χ0) is 23.7. The first-order valence-electron chi connectivity index (χ1n) is 10.5. The maximum absolute atomic E-state index is 14.5. The van der Waals surface area contributed by atoms with E-state index in [9.17, 15) is 18.4 Å². The molecule has 0 unspecified atom stereocenters. The molecule has 3 aromatic rings. The Morgan fingerprint density at radius 3 is 2.30 bits per heavy atom. The summed E-state index contributed by atoms with van der Waals surface area (Å²) in [5.74, 6) is -2.55. The Kier molecular flexibility index (Phi) is 5.96. The molecule has 5 nitrogen and oxygen atoms in total. The lowest BCUT2D eigenvalue weighted by Gasteiger charge is -2.16. The van der Waals surface area contributed by atoms with Crippen molar-refractivity contribution in [3.8, 4) is 5.75 Å². The van der Waals surface area contributed by atoms with E-state index in [1.54, 1.807) is 30.3 Å². The third kappa shape index (κ3) is 4.22. The van der Waals surface area contributed by atoms with Gasteiger partial charge in [0.1, 0.15) is 23.1 Å². The van der Waals surface area contributed by atoms with Crippen LogP contribution < -0.4 is 15.0 Å². The Bertz CT molecular complexity index is 1280. The van der Waals surface area contributed by atoms with Crippen molar-refractivity contribution in [2.75, 3.05) is 16.8 Å². The SMILES string of the molecule is CCOc1ccc(C2=C(Nc3ccc(C)cc3C)C(=O)N(c3cc(F)ccc3F)C2=O)cc1. The first-order valence-corrected chi connectivity index (χ1v) is 10.5. The summed E-state index contributed by atoms with van der Waals surface area (Å²) in [6.45, 7) is 6.15. The van der Waals surface area contributed by atoms with E-state index in [1.807, 2.05) is 32.9 Å². The van der Waals surface area contributed by atoms with E-state index >= 15 is 0 Å². The van der Waals surface area contributed by atoms with E-state index in [-0.39, 0.29) is 11.3 Å². The lowest BCUT2D eigenvalue weighted by Crippen LogP contribution is -2.33. The maximum atomic E-state index is 14.5. The average molecular weight is 448 g/mol. The molecule has 33 heavy (non-hydrogen) atoms. The molecule has 0 bridgehead atoms. The average Bonchev–Trinajstić information content (AvgIpc) is 3.02. The molecule has 3 aromatic carbocycles. The van der Waals surface area contributed by atoms with Crippen molar-refractivity contribution in [2.24, 2.45) is 0 Å². The molecule has 1 heterocycles. The summed E-state index contributed by atoms with van der Waals surface area (Å²) >= 11 is 0. The largest absolute Gasteiger partial charge is 0.494 e. The molecule has 168 valence electrons. The Hall–Kier alpha value is -4.00. The normalized spacial score (nSPS) is 13.7. The van der Waals surface area contributed by atoms with Gasteiger partial charge in [-0.25, -0.2) is 13.7 Å². The smallest absolute Gasteiger partial charge is 0.282 e. The van der Waals surface area contributed by atoms with Crippen LogP contribution in [0, 0.1) is 25.5 Å². The molecular formula is C26H22F2N2O3. The highest BCUT2D eigenvalue weighted by atomic mass is 19.1. The topological polar surface area (TPSA) is 58.6 Å². The Balaban J connectivity index is 1.84. The van der Waals surface area contributed by atoms with Gasteiger partial charge in [0, 0.05) is 11.8 Å². The summed E-state index contributed by atoms with van der Waals surface area (Å²) in [4.78, 5) is 27.5. The monoisotopic (exact) mass is 448 g/mol. The summed E-state index contributed by atoms with van der Waals surface area (Å²) in [6.07, 6.45) is 0. The number of carbonyl (C=O) groups is 2. The van der Waals surface area contributed by atoms with Crippen LogP contribution in [0.3, 0.4) is 0 Å². The van der Waals surface area contributed by atoms with Crippen LogP contribution in [-0.4, -0.2) is 18.4 Å². The number of imide groups is 1. The molecular weight excluding hydrogens is 426 g/mol. The second kappa shape index (κ2) is 8.86. The number of rotatable bonds is 6. The summed E-state index contributed by atoms with van der Waals surface area (Å²) < 4.78 is 33.9. The van der Waals surface area contributed by atoms with Crippen LogP contribution in [-0.2, 0) is 9.59 Å². The van der Waals surface area contributed by atoms with Gasteiger partial charge >= 0.3 is 0 Å². The molecule has 0 radical (unpaired) electrons. The molecule has 0 atom stereocenters. The van der Waals surface area contributed by atoms with E-state index in [1.165, 1.54) is 0 Å². The van der Waals surface area contributed by atoms with Crippen molar-refractivity contribution in [1.82, 2.24) is 0 Å². The van der Waals surface area contributed by atoms with Crippen LogP contribution >= 0.6 is 0 Å². The van der Waals surface area contributed by atoms with Crippen molar-refractivity contribution in [3.63, 3.8) is 0 Å². The lowest BCUT2D eigenvalue weighted by molar-refractivity contribution is -0.120. The van der Waals surface area contributed by atoms with Gasteiger partial charge in [-0.05, 0) is 62.2 Å². The van der Waals surface area contributed by atoms with Gasteiger partial charge in [-0.15, -0.1) is 0 Å². The van der Waals surface area contributed by atoms with E-state index in [0.717, 1.165) is 29.3 Å². The van der Waals surface area contributed by atoms with Crippen molar-refractivity contribution < 1.29 is 23.1 Å². The van der Waals surface area contributed by atoms with E-state index in [4.69, 9.17) is 4.74 Å². The predicted octanol–water partition coefficient (Wildman–Crippen LogP) is 5.38. The van der Waals surface area contributed by atoms with Crippen molar-refractivity contribution in [2.45, 2.75) is 20.8 Å². The Labute approximate surface area is 190 Å². The number of nitrogens with zero attached hydrogens (tertiary/aromatic N) is 1. The number of nitrogens with one attached hydrogen (secondary N) is 1. The molecule has 0 saturated carbocycles. The quantitative estimate of drug-likeness (QED) is 0.515. The van der Waals surface area contributed by atoms with Gasteiger partial charge in [0.15, 0.2) is 0 Å². The number of amides is 2. The number of ether oxygens (including phenoxy) is 1. The number of benzene rings is 3. The predicted molar refractivity (Wildman–Crippen MR) is 123 cm³/mol. The minimum Gasteiger partial charge on any atom is -0.494 e. The van der Waals surface area contributed by atoms with Crippen molar-refractivity contribution in [1.29, 1.82) is 0 Å². The lowest BCUT2D eigenvalue weighted by atomic mass is 10.0. The fraction of sp³-hybridized carbons (Fsp3) is 0.154. The molecule has 0 aromatic heterocycles. The van der Waals surface area contributed by atoms with Gasteiger partial charge < -0.3 is 10.1 Å². The Morgan fingerprint density at radius 2 is 1.64 bits per heavy atom. The zero-order valence-electron chi connectivity index (χ0n) is 18.4. The molecule has 0 aliphatic carbocycles. The van der Waals surface area contributed by atoms with Crippen LogP contribution in [0.25, 0.3) is 5.57 Å². The van der Waals surface area contributed by atoms with Gasteiger partial charge in [0.05, 0.1) is 17.9 Å². The number of anilines is 2. The minimum absolute atomic E-state index is 0.0141. The molecule has 2 amide bonds. The van der Waals surface area contributed by atoms with Crippen LogP contribution in [0.1, 0.15) is 23.6 Å². The molecule has 4 rings (SSSR count). The van der Waals surface area contributed by atoms with Crippen LogP contribution in [0.15, 0.2) is 66.4 Å². The van der Waals surface area contributed by atoms with Crippen LogP contribution in [0.4, 0.5) is 20.2 Å². The van der Waals surface area contributed by atoms with E-state index in [0.29, 0.717) is 28.5 Å². The van der Waals surface area contributed by atoms with Crippen LogP contribution in [0.2, 0.25) is 0 Å². The highest BCUT2D eigenvalue weighted by Crippen LogP contribution is 2.36. The highest BCUT2D eigenvalue weighted by Gasteiger charge is 2.41. The minimum atomic E-state index is -0.878. The number of aryl methyl sites for hydroxylation is 2. The number of carbonyl (C=O) groups excluding carboxylic acids is 2. The first-order chi connectivity index (χ1) is 15.8. The number of hydrogen-bond acceptors (Lipinski definition) is 4. The van der Waals surface area contributed by atoms with E-state index in [2.05, 4.69) is 5.32 Å². The van der Waals surface area contributed by atoms with Gasteiger partial charge in [0.2, 0.25) is 0 Å². The van der Waals surface area contributed by atoms with Gasteiger partial charge in [-0.1, -0.05) is 29.8 Å². The van der Waals surface area contributed by atoms with Crippen molar-refractivity contribution in [3.05, 3.63) is 94.7 Å². The molecule has 7 heteroatoms. The molecule has 0 spiro atoms. The van der Waals surface area contributed by atoms with Crippen LogP contribution in [0.5, 0.6) is 5.75 Å². The number of halogens is 2. The summed E-state index contributed by atoms with van der Waals surface area (Å²) in [5.41, 5.74) is 2.59. The Morgan fingerprint density at radius 1 is 0.909 bits per heavy atom. The second-order valence-electron chi connectivity index (χ2n) is 7.69. The molecule has 1 aliphatic heterocycles. The third-order valence-corrected chi connectivity index (χ3v) is 5.33. The van der Waals surface area contributed by atoms with E-state index < -0.39 is 29.1 Å². The van der Waals surface area contributed by atoms with Gasteiger partial charge in [0.25, 0.3) is 11.8 Å². The fourth-order valence-corrected chi connectivity index (χ4v) is 3.76. The summed E-state index contributed by atoms with van der Waals surface area (Å²) in [6, 6.07) is 14.9.